The number of nitrogens with one attached hydrogen (secondary N) is 1. The van der Waals surface area contributed by atoms with E-state index in [4.69, 9.17) is 23.2 Å². The second-order valence-corrected chi connectivity index (χ2v) is 11.0. The van der Waals surface area contributed by atoms with Crippen molar-refractivity contribution >= 4 is 45.0 Å². The molecule has 2 aromatic rings. The van der Waals surface area contributed by atoms with Crippen molar-refractivity contribution in [2.24, 2.45) is 0 Å². The Morgan fingerprint density at radius 3 is 2.18 bits per heavy atom. The predicted molar refractivity (Wildman–Crippen MR) is 135 cm³/mol. The standard InChI is InChI=1S/C24H31Cl2N3O4S/c1-5-17(3)27-24(31)22(6-2)29(15-18-9-7-8-10-21(18)26)23(30)16-28(4)34(32,33)20-13-11-19(25)12-14-20/h7-14,17,22H,5-6,15-16H2,1-4H3,(H,27,31)/t17-,22-/m0/s1. The number of hydrogen-bond donors (Lipinski definition) is 1. The predicted octanol–water partition coefficient (Wildman–Crippen LogP) is 4.34. The number of carbonyl (C=O) groups excluding carboxylic acids is 2. The van der Waals surface area contributed by atoms with Crippen LogP contribution in [0.15, 0.2) is 53.4 Å². The average Bonchev–Trinajstić information content (AvgIpc) is 2.80. The fourth-order valence-corrected chi connectivity index (χ4v) is 4.77. The van der Waals surface area contributed by atoms with Crippen molar-refractivity contribution in [3.63, 3.8) is 0 Å². The molecular weight excluding hydrogens is 497 g/mol. The van der Waals surface area contributed by atoms with Crippen molar-refractivity contribution < 1.29 is 18.0 Å². The molecule has 186 valence electrons. The second-order valence-electron chi connectivity index (χ2n) is 8.07. The molecule has 7 nitrogen and oxygen atoms in total. The van der Waals surface area contributed by atoms with E-state index >= 15 is 0 Å². The third-order valence-electron chi connectivity index (χ3n) is 5.57. The monoisotopic (exact) mass is 527 g/mol. The summed E-state index contributed by atoms with van der Waals surface area (Å²) >= 11 is 12.2. The van der Waals surface area contributed by atoms with E-state index in [1.165, 1.54) is 36.2 Å². The van der Waals surface area contributed by atoms with E-state index in [0.717, 1.165) is 10.7 Å². The summed E-state index contributed by atoms with van der Waals surface area (Å²) in [4.78, 5) is 27.9. The number of hydrogen-bond acceptors (Lipinski definition) is 4. The number of carbonyl (C=O) groups is 2. The second kappa shape index (κ2) is 12.5. The van der Waals surface area contributed by atoms with Gasteiger partial charge in [-0.15, -0.1) is 0 Å². The third kappa shape index (κ3) is 7.18. The highest BCUT2D eigenvalue weighted by atomic mass is 35.5. The Hall–Kier alpha value is -2.13. The molecule has 2 amide bonds. The van der Waals surface area contributed by atoms with Crippen molar-refractivity contribution in [1.29, 1.82) is 0 Å². The molecule has 0 aliphatic carbocycles. The molecule has 0 aliphatic heterocycles. The van der Waals surface area contributed by atoms with E-state index in [1.807, 2.05) is 20.8 Å². The molecular formula is C24H31Cl2N3O4S. The third-order valence-corrected chi connectivity index (χ3v) is 8.00. The molecule has 2 atom stereocenters. The van der Waals surface area contributed by atoms with Gasteiger partial charge in [0, 0.05) is 29.7 Å². The highest BCUT2D eigenvalue weighted by Crippen LogP contribution is 2.21. The van der Waals surface area contributed by atoms with E-state index in [-0.39, 0.29) is 23.4 Å². The fourth-order valence-electron chi connectivity index (χ4n) is 3.32. The maximum Gasteiger partial charge on any atom is 0.243 e. The largest absolute Gasteiger partial charge is 0.352 e. The van der Waals surface area contributed by atoms with E-state index < -0.39 is 28.5 Å². The van der Waals surface area contributed by atoms with Crippen LogP contribution in [0.3, 0.4) is 0 Å². The topological polar surface area (TPSA) is 86.8 Å². The number of amides is 2. The van der Waals surface area contributed by atoms with Crippen LogP contribution in [0.5, 0.6) is 0 Å². The maximum atomic E-state index is 13.4. The van der Waals surface area contributed by atoms with Crippen LogP contribution in [0.25, 0.3) is 0 Å². The molecule has 0 aromatic heterocycles. The van der Waals surface area contributed by atoms with Gasteiger partial charge in [0.2, 0.25) is 21.8 Å². The average molecular weight is 529 g/mol. The summed E-state index contributed by atoms with van der Waals surface area (Å²) < 4.78 is 26.9. The van der Waals surface area contributed by atoms with Gasteiger partial charge >= 0.3 is 0 Å². The summed E-state index contributed by atoms with van der Waals surface area (Å²) in [5, 5.41) is 3.78. The number of benzene rings is 2. The number of sulfonamides is 1. The lowest BCUT2D eigenvalue weighted by Gasteiger charge is -2.32. The van der Waals surface area contributed by atoms with Crippen LogP contribution in [0.4, 0.5) is 0 Å². The number of nitrogens with zero attached hydrogens (tertiary/aromatic N) is 2. The Labute approximate surface area is 212 Å². The molecule has 34 heavy (non-hydrogen) atoms. The molecule has 10 heteroatoms. The van der Waals surface area contributed by atoms with Gasteiger partial charge in [0.15, 0.2) is 0 Å². The van der Waals surface area contributed by atoms with Gasteiger partial charge in [0.05, 0.1) is 11.4 Å². The van der Waals surface area contributed by atoms with Gasteiger partial charge in [-0.05, 0) is 55.7 Å². The quantitative estimate of drug-likeness (QED) is 0.470. The van der Waals surface area contributed by atoms with Crippen LogP contribution in [-0.2, 0) is 26.2 Å². The molecule has 2 rings (SSSR count). The summed E-state index contributed by atoms with van der Waals surface area (Å²) in [6, 6.07) is 11.9. The van der Waals surface area contributed by atoms with Gasteiger partial charge in [-0.2, -0.15) is 4.31 Å². The van der Waals surface area contributed by atoms with Gasteiger partial charge in [-0.1, -0.05) is 55.2 Å². The summed E-state index contributed by atoms with van der Waals surface area (Å²) in [6.45, 7) is 5.27. The van der Waals surface area contributed by atoms with Crippen LogP contribution >= 0.6 is 23.2 Å². The minimum Gasteiger partial charge on any atom is -0.352 e. The van der Waals surface area contributed by atoms with Crippen molar-refractivity contribution in [2.75, 3.05) is 13.6 Å². The molecule has 0 saturated carbocycles. The maximum absolute atomic E-state index is 13.4. The molecule has 0 radical (unpaired) electrons. The lowest BCUT2D eigenvalue weighted by Crippen LogP contribution is -2.53. The van der Waals surface area contributed by atoms with Crippen LogP contribution in [0, 0.1) is 0 Å². The minimum atomic E-state index is -3.94. The number of likely N-dealkylation sites (N-methyl/N-ethyl adjacent to an activating group) is 1. The Kier molecular flexibility index (Phi) is 10.4. The molecule has 0 fully saturated rings. The summed E-state index contributed by atoms with van der Waals surface area (Å²) in [7, 11) is -2.61. The Morgan fingerprint density at radius 2 is 1.62 bits per heavy atom. The van der Waals surface area contributed by atoms with Gasteiger partial charge < -0.3 is 10.2 Å². The molecule has 0 saturated heterocycles. The Bertz CT molecular complexity index is 1090. The van der Waals surface area contributed by atoms with Gasteiger partial charge in [-0.3, -0.25) is 9.59 Å². The van der Waals surface area contributed by atoms with Gasteiger partial charge in [-0.25, -0.2) is 8.42 Å². The zero-order valence-corrected chi connectivity index (χ0v) is 22.1. The zero-order valence-electron chi connectivity index (χ0n) is 19.8. The first kappa shape index (κ1) is 28.1. The normalized spacial score (nSPS) is 13.4. The molecule has 0 unspecified atom stereocenters. The van der Waals surface area contributed by atoms with Gasteiger partial charge in [0.1, 0.15) is 6.04 Å². The van der Waals surface area contributed by atoms with Crippen LogP contribution < -0.4 is 5.32 Å². The fraction of sp³-hybridized carbons (Fsp3) is 0.417. The minimum absolute atomic E-state index is 0.0198. The number of rotatable bonds is 11. The van der Waals surface area contributed by atoms with E-state index in [0.29, 0.717) is 22.0 Å². The van der Waals surface area contributed by atoms with Gasteiger partial charge in [0.25, 0.3) is 0 Å². The van der Waals surface area contributed by atoms with Crippen molar-refractivity contribution in [3.8, 4) is 0 Å². The summed E-state index contributed by atoms with van der Waals surface area (Å²) in [5.41, 5.74) is 0.663. The van der Waals surface area contributed by atoms with Crippen LogP contribution in [0.2, 0.25) is 10.0 Å². The number of halogens is 2. The molecule has 1 N–H and O–H groups in total. The van der Waals surface area contributed by atoms with Crippen LogP contribution in [-0.4, -0.2) is 55.1 Å². The molecule has 0 bridgehead atoms. The van der Waals surface area contributed by atoms with Crippen molar-refractivity contribution in [1.82, 2.24) is 14.5 Å². The first-order chi connectivity index (χ1) is 16.0. The first-order valence-electron chi connectivity index (χ1n) is 11.1. The first-order valence-corrected chi connectivity index (χ1v) is 13.3. The van der Waals surface area contributed by atoms with Crippen LogP contribution in [0.1, 0.15) is 39.2 Å². The summed E-state index contributed by atoms with van der Waals surface area (Å²) in [6.07, 6.45) is 1.09. The molecule has 0 spiro atoms. The Morgan fingerprint density at radius 1 is 1.00 bits per heavy atom. The van der Waals surface area contributed by atoms with E-state index in [9.17, 15) is 18.0 Å². The lowest BCUT2D eigenvalue weighted by molar-refractivity contribution is -0.141. The van der Waals surface area contributed by atoms with E-state index in [1.54, 1.807) is 24.3 Å². The van der Waals surface area contributed by atoms with Crippen molar-refractivity contribution in [3.05, 3.63) is 64.1 Å². The van der Waals surface area contributed by atoms with Crippen molar-refractivity contribution in [2.45, 2.75) is 57.1 Å². The molecule has 0 heterocycles. The van der Waals surface area contributed by atoms with E-state index in [2.05, 4.69) is 5.32 Å². The highest BCUT2D eigenvalue weighted by Gasteiger charge is 2.32. The zero-order chi connectivity index (χ0) is 25.5. The smallest absolute Gasteiger partial charge is 0.243 e. The summed E-state index contributed by atoms with van der Waals surface area (Å²) in [5.74, 6) is -0.799. The SMILES string of the molecule is CC[C@H](C)NC(=O)[C@H](CC)N(Cc1ccccc1Cl)C(=O)CN(C)S(=O)(=O)c1ccc(Cl)cc1. The lowest BCUT2D eigenvalue weighted by atomic mass is 10.1. The molecule has 2 aromatic carbocycles. The Balaban J connectivity index is 2.34. The molecule has 0 aliphatic rings. The highest BCUT2D eigenvalue weighted by molar-refractivity contribution is 7.89.